The minimum Gasteiger partial charge on any atom is -0.493 e. The van der Waals surface area contributed by atoms with E-state index in [1.54, 1.807) is 7.11 Å². The van der Waals surface area contributed by atoms with E-state index in [1.165, 1.54) is 11.1 Å². The second-order valence-electron chi connectivity index (χ2n) is 4.00. The summed E-state index contributed by atoms with van der Waals surface area (Å²) in [7, 11) is 1.71. The lowest BCUT2D eigenvalue weighted by atomic mass is 9.97. The first-order valence-corrected chi connectivity index (χ1v) is 5.81. The fourth-order valence-electron chi connectivity index (χ4n) is 1.89. The first kappa shape index (κ1) is 11.2. The molecule has 0 bridgehead atoms. The molecule has 0 N–H and O–H groups in total. The van der Waals surface area contributed by atoms with E-state index < -0.39 is 0 Å². The van der Waals surface area contributed by atoms with Crippen molar-refractivity contribution >= 4 is 6.08 Å². The first-order chi connectivity index (χ1) is 7.90. The Morgan fingerprint density at radius 3 is 3.06 bits per heavy atom. The van der Waals surface area contributed by atoms with Crippen molar-refractivity contribution in [3.8, 4) is 5.75 Å². The number of methoxy groups -OCH3 is 1. The molecule has 0 saturated carbocycles. The van der Waals surface area contributed by atoms with Gasteiger partial charge in [-0.15, -0.1) is 0 Å². The molecule has 0 saturated heterocycles. The van der Waals surface area contributed by atoms with E-state index >= 15 is 0 Å². The van der Waals surface area contributed by atoms with Gasteiger partial charge in [0.15, 0.2) is 0 Å². The van der Waals surface area contributed by atoms with Gasteiger partial charge in [0.05, 0.1) is 6.61 Å². The zero-order valence-corrected chi connectivity index (χ0v) is 9.74. The van der Waals surface area contributed by atoms with E-state index in [0.717, 1.165) is 38.2 Å². The molecular formula is C14H18O2. The molecule has 0 fully saturated rings. The third-order valence-electron chi connectivity index (χ3n) is 2.75. The summed E-state index contributed by atoms with van der Waals surface area (Å²) in [5, 5.41) is 0. The van der Waals surface area contributed by atoms with Crippen molar-refractivity contribution in [3.05, 3.63) is 35.4 Å². The molecule has 86 valence electrons. The van der Waals surface area contributed by atoms with Gasteiger partial charge in [0.1, 0.15) is 5.75 Å². The van der Waals surface area contributed by atoms with Crippen LogP contribution in [0.1, 0.15) is 24.0 Å². The predicted molar refractivity (Wildman–Crippen MR) is 65.8 cm³/mol. The van der Waals surface area contributed by atoms with Crippen molar-refractivity contribution in [2.24, 2.45) is 0 Å². The van der Waals surface area contributed by atoms with Crippen LogP contribution in [0.15, 0.2) is 24.3 Å². The molecule has 2 rings (SSSR count). The number of benzene rings is 1. The monoisotopic (exact) mass is 218 g/mol. The normalized spacial score (nSPS) is 13.6. The summed E-state index contributed by atoms with van der Waals surface area (Å²) in [5.74, 6) is 0.977. The Kier molecular flexibility index (Phi) is 4.00. The first-order valence-electron chi connectivity index (χ1n) is 5.81. The summed E-state index contributed by atoms with van der Waals surface area (Å²) >= 11 is 0. The van der Waals surface area contributed by atoms with Crippen molar-refractivity contribution in [2.75, 3.05) is 20.3 Å². The fraction of sp³-hybridized carbons (Fsp3) is 0.429. The average molecular weight is 218 g/mol. The van der Waals surface area contributed by atoms with Crippen LogP contribution in [0.3, 0.4) is 0 Å². The van der Waals surface area contributed by atoms with Crippen LogP contribution in [0.4, 0.5) is 0 Å². The number of aryl methyl sites for hydroxylation is 1. The molecule has 0 aliphatic heterocycles. The molecule has 1 aromatic carbocycles. The molecule has 2 nitrogen and oxygen atoms in total. The smallest absolute Gasteiger partial charge is 0.119 e. The van der Waals surface area contributed by atoms with Crippen LogP contribution >= 0.6 is 0 Å². The van der Waals surface area contributed by atoms with Crippen molar-refractivity contribution in [3.63, 3.8) is 0 Å². The van der Waals surface area contributed by atoms with Crippen molar-refractivity contribution in [1.82, 2.24) is 0 Å². The summed E-state index contributed by atoms with van der Waals surface area (Å²) in [4.78, 5) is 0. The Hall–Kier alpha value is -1.28. The van der Waals surface area contributed by atoms with Crippen LogP contribution in [0.2, 0.25) is 0 Å². The molecule has 1 aliphatic carbocycles. The minimum atomic E-state index is 0.725. The van der Waals surface area contributed by atoms with Crippen LogP contribution in [-0.4, -0.2) is 20.3 Å². The second-order valence-corrected chi connectivity index (χ2v) is 4.00. The van der Waals surface area contributed by atoms with Crippen LogP contribution in [0.5, 0.6) is 5.75 Å². The fourth-order valence-corrected chi connectivity index (χ4v) is 1.89. The highest BCUT2D eigenvalue weighted by Crippen LogP contribution is 2.23. The maximum Gasteiger partial charge on any atom is 0.119 e. The SMILES string of the molecule is COCCCOc1ccc2c(c1)CCC=C2. The van der Waals surface area contributed by atoms with Gasteiger partial charge in [0.2, 0.25) is 0 Å². The zero-order valence-electron chi connectivity index (χ0n) is 9.74. The van der Waals surface area contributed by atoms with Crippen molar-refractivity contribution < 1.29 is 9.47 Å². The van der Waals surface area contributed by atoms with E-state index in [9.17, 15) is 0 Å². The number of allylic oxidation sites excluding steroid dienone is 1. The zero-order chi connectivity index (χ0) is 11.2. The number of rotatable bonds is 5. The van der Waals surface area contributed by atoms with Crippen LogP contribution < -0.4 is 4.74 Å². The lowest BCUT2D eigenvalue weighted by molar-refractivity contribution is 0.172. The lowest BCUT2D eigenvalue weighted by Crippen LogP contribution is -2.02. The van der Waals surface area contributed by atoms with Gasteiger partial charge in [-0.05, 0) is 36.1 Å². The summed E-state index contributed by atoms with van der Waals surface area (Å²) in [6, 6.07) is 6.34. The van der Waals surface area contributed by atoms with Gasteiger partial charge in [-0.25, -0.2) is 0 Å². The topological polar surface area (TPSA) is 18.5 Å². The summed E-state index contributed by atoms with van der Waals surface area (Å²) in [6.45, 7) is 1.48. The van der Waals surface area contributed by atoms with Crippen LogP contribution in [-0.2, 0) is 11.2 Å². The van der Waals surface area contributed by atoms with Gasteiger partial charge in [0, 0.05) is 20.1 Å². The molecule has 1 aromatic rings. The van der Waals surface area contributed by atoms with Crippen molar-refractivity contribution in [1.29, 1.82) is 0 Å². The molecule has 0 atom stereocenters. The largest absolute Gasteiger partial charge is 0.493 e. The number of hydrogen-bond donors (Lipinski definition) is 0. The molecule has 0 heterocycles. The van der Waals surface area contributed by atoms with Crippen molar-refractivity contribution in [2.45, 2.75) is 19.3 Å². The molecule has 16 heavy (non-hydrogen) atoms. The molecule has 0 spiro atoms. The second kappa shape index (κ2) is 5.71. The quantitative estimate of drug-likeness (QED) is 0.707. The van der Waals surface area contributed by atoms with Gasteiger partial charge in [-0.2, -0.15) is 0 Å². The highest BCUT2D eigenvalue weighted by atomic mass is 16.5. The van der Waals surface area contributed by atoms with E-state index in [0.29, 0.717) is 0 Å². The number of ether oxygens (including phenoxy) is 2. The summed E-state index contributed by atoms with van der Waals surface area (Å²) in [5.41, 5.74) is 2.72. The Labute approximate surface area is 96.9 Å². The lowest BCUT2D eigenvalue weighted by Gasteiger charge is -2.12. The van der Waals surface area contributed by atoms with E-state index in [1.807, 2.05) is 6.07 Å². The average Bonchev–Trinajstić information content (AvgIpc) is 2.34. The Morgan fingerprint density at radius 2 is 2.19 bits per heavy atom. The predicted octanol–water partition coefficient (Wildman–Crippen LogP) is 3.06. The van der Waals surface area contributed by atoms with Crippen LogP contribution in [0, 0.1) is 0 Å². The van der Waals surface area contributed by atoms with Gasteiger partial charge in [-0.1, -0.05) is 18.2 Å². The van der Waals surface area contributed by atoms with Gasteiger partial charge in [0.25, 0.3) is 0 Å². The minimum absolute atomic E-state index is 0.725. The third-order valence-corrected chi connectivity index (χ3v) is 2.75. The number of fused-ring (bicyclic) bond motifs is 1. The molecule has 0 radical (unpaired) electrons. The third kappa shape index (κ3) is 2.86. The highest BCUT2D eigenvalue weighted by Gasteiger charge is 2.05. The van der Waals surface area contributed by atoms with E-state index in [2.05, 4.69) is 24.3 Å². The van der Waals surface area contributed by atoms with E-state index in [4.69, 9.17) is 9.47 Å². The van der Waals surface area contributed by atoms with Crippen LogP contribution in [0.25, 0.3) is 6.08 Å². The van der Waals surface area contributed by atoms with Gasteiger partial charge < -0.3 is 9.47 Å². The molecular weight excluding hydrogens is 200 g/mol. The Bertz CT molecular complexity index is 369. The molecule has 0 aromatic heterocycles. The maximum absolute atomic E-state index is 5.67. The highest BCUT2D eigenvalue weighted by molar-refractivity contribution is 5.57. The molecule has 0 amide bonds. The molecule has 0 unspecified atom stereocenters. The number of hydrogen-bond acceptors (Lipinski definition) is 2. The van der Waals surface area contributed by atoms with E-state index in [-0.39, 0.29) is 0 Å². The molecule has 2 heteroatoms. The Balaban J connectivity index is 1.93. The molecule has 1 aliphatic rings. The van der Waals surface area contributed by atoms with Gasteiger partial charge >= 0.3 is 0 Å². The Morgan fingerprint density at radius 1 is 1.25 bits per heavy atom. The van der Waals surface area contributed by atoms with Gasteiger partial charge in [-0.3, -0.25) is 0 Å². The maximum atomic E-state index is 5.67. The summed E-state index contributed by atoms with van der Waals surface area (Å²) < 4.78 is 10.7. The summed E-state index contributed by atoms with van der Waals surface area (Å²) in [6.07, 6.45) is 7.61. The standard InChI is InChI=1S/C14H18O2/c1-15-9-4-10-16-14-8-7-12-5-2-3-6-13(12)11-14/h2,5,7-8,11H,3-4,6,9-10H2,1H3.